The minimum absolute atomic E-state index is 0.0651. The van der Waals surface area contributed by atoms with Crippen molar-refractivity contribution in [2.45, 2.75) is 87.6 Å². The summed E-state index contributed by atoms with van der Waals surface area (Å²) in [5, 5.41) is 14.4. The van der Waals surface area contributed by atoms with Crippen LogP contribution >= 0.6 is 0 Å². The minimum atomic E-state index is -2.23. The number of carbonyl (C=O) groups excluding carboxylic acids is 3. The number of likely N-dealkylation sites (tertiary alicyclic amines) is 1. The van der Waals surface area contributed by atoms with Crippen molar-refractivity contribution in [2.75, 3.05) is 60.0 Å². The van der Waals surface area contributed by atoms with E-state index in [2.05, 4.69) is 77.3 Å². The van der Waals surface area contributed by atoms with E-state index in [9.17, 15) is 19.5 Å². The zero-order valence-electron chi connectivity index (χ0n) is 34.8. The third kappa shape index (κ3) is 4.94. The van der Waals surface area contributed by atoms with Gasteiger partial charge in [-0.15, -0.1) is 0 Å². The molecule has 9 rings (SSSR count). The molecular weight excluding hydrogens is 737 g/mol. The van der Waals surface area contributed by atoms with E-state index in [-0.39, 0.29) is 35.8 Å². The molecule has 12 nitrogen and oxygen atoms in total. The molecule has 1 saturated carbocycles. The molecule has 2 N–H and O–H groups in total. The van der Waals surface area contributed by atoms with Crippen LogP contribution in [0.25, 0.3) is 10.9 Å². The van der Waals surface area contributed by atoms with Crippen LogP contribution in [0.5, 0.6) is 5.75 Å². The van der Waals surface area contributed by atoms with Crippen molar-refractivity contribution in [3.8, 4) is 5.75 Å². The predicted molar refractivity (Wildman–Crippen MR) is 219 cm³/mol. The van der Waals surface area contributed by atoms with Gasteiger partial charge >= 0.3 is 17.9 Å². The molecule has 3 aromatic rings. The molecule has 2 aliphatic carbocycles. The summed E-state index contributed by atoms with van der Waals surface area (Å²) in [5.74, 6) is -1.64. The van der Waals surface area contributed by atoms with E-state index in [4.69, 9.17) is 18.9 Å². The number of anilines is 1. The Morgan fingerprint density at radius 1 is 1.07 bits per heavy atom. The van der Waals surface area contributed by atoms with Crippen LogP contribution < -0.4 is 9.64 Å². The number of para-hydroxylation sites is 1. The van der Waals surface area contributed by atoms with Crippen molar-refractivity contribution < 1.29 is 38.4 Å². The third-order valence-corrected chi connectivity index (χ3v) is 15.4. The summed E-state index contributed by atoms with van der Waals surface area (Å²) in [4.78, 5) is 51.9. The Balaban J connectivity index is 1.32. The molecule has 12 heteroatoms. The van der Waals surface area contributed by atoms with Crippen molar-refractivity contribution >= 4 is 34.5 Å². The number of nitrogens with one attached hydrogen (secondary N) is 1. The Bertz CT molecular complexity index is 2270. The molecule has 10 atom stereocenters. The summed E-state index contributed by atoms with van der Waals surface area (Å²) in [5.41, 5.74) is 3.46. The maximum Gasteiger partial charge on any atom is 0.344 e. The molecule has 0 radical (unpaired) electrons. The van der Waals surface area contributed by atoms with Crippen molar-refractivity contribution in [3.63, 3.8) is 0 Å². The summed E-state index contributed by atoms with van der Waals surface area (Å²) < 4.78 is 23.6. The summed E-state index contributed by atoms with van der Waals surface area (Å²) in [7, 11) is 8.48. The molecule has 6 aliphatic rings. The van der Waals surface area contributed by atoms with Gasteiger partial charge < -0.3 is 33.9 Å². The van der Waals surface area contributed by atoms with Gasteiger partial charge in [0.25, 0.3) is 0 Å². The van der Waals surface area contributed by atoms with E-state index in [1.165, 1.54) is 32.3 Å². The molecule has 2 bridgehead atoms. The number of H-pyrrole nitrogens is 1. The number of ether oxygens (including phenoxy) is 4. The Labute approximate surface area is 340 Å². The number of hydrogen-bond acceptors (Lipinski definition) is 11. The van der Waals surface area contributed by atoms with E-state index < -0.39 is 40.5 Å². The summed E-state index contributed by atoms with van der Waals surface area (Å²) in [6.07, 6.45) is 7.60. The zero-order chi connectivity index (χ0) is 41.1. The van der Waals surface area contributed by atoms with Crippen molar-refractivity contribution in [3.05, 3.63) is 82.6 Å². The number of esters is 3. The molecule has 10 unspecified atom stereocenters. The fourth-order valence-electron chi connectivity index (χ4n) is 13.3. The number of fused-ring (bicyclic) bond motifs is 6. The summed E-state index contributed by atoms with van der Waals surface area (Å²) in [6, 6.07) is 11.6. The van der Waals surface area contributed by atoms with Crippen LogP contribution in [0.4, 0.5) is 5.69 Å². The van der Waals surface area contributed by atoms with Crippen molar-refractivity contribution in [2.24, 2.45) is 17.3 Å². The van der Waals surface area contributed by atoms with Gasteiger partial charge in [-0.05, 0) is 75.4 Å². The maximum absolute atomic E-state index is 14.3. The fraction of sp³-hybridized carbons (Fsp3) is 0.543. The van der Waals surface area contributed by atoms with Crippen molar-refractivity contribution in [1.82, 2.24) is 14.8 Å². The number of nitrogens with zero attached hydrogens (tertiary/aromatic N) is 3. The quantitative estimate of drug-likeness (QED) is 0.201. The minimum Gasteiger partial charge on any atom is -0.496 e. The number of carbonyl (C=O) groups is 3. The normalized spacial score (nSPS) is 35.7. The highest BCUT2D eigenvalue weighted by atomic mass is 16.6. The number of aromatic amines is 1. The van der Waals surface area contributed by atoms with E-state index in [0.717, 1.165) is 46.5 Å². The zero-order valence-corrected chi connectivity index (χ0v) is 34.8. The number of likely N-dealkylation sites (N-methyl/N-ethyl adjacent to an activating group) is 2. The van der Waals surface area contributed by atoms with Crippen LogP contribution in [-0.4, -0.2) is 123 Å². The first kappa shape index (κ1) is 38.8. The van der Waals surface area contributed by atoms with Gasteiger partial charge in [0.05, 0.1) is 33.3 Å². The molecule has 1 aromatic heterocycles. The Hall–Kier alpha value is -4.65. The number of methoxy groups -OCH3 is 3. The Morgan fingerprint density at radius 2 is 1.84 bits per heavy atom. The molecule has 4 aliphatic heterocycles. The molecule has 1 spiro atoms. The first-order valence-electron chi connectivity index (χ1n) is 20.7. The third-order valence-electron chi connectivity index (χ3n) is 15.4. The van der Waals surface area contributed by atoms with Crippen LogP contribution in [0.3, 0.4) is 0 Å². The highest BCUT2D eigenvalue weighted by Crippen LogP contribution is 2.68. The first-order valence-corrected chi connectivity index (χ1v) is 20.7. The van der Waals surface area contributed by atoms with E-state index in [0.29, 0.717) is 38.0 Å². The first-order chi connectivity index (χ1) is 27.9. The summed E-state index contributed by atoms with van der Waals surface area (Å²) in [6.45, 7) is 7.61. The Morgan fingerprint density at radius 3 is 2.53 bits per heavy atom. The lowest BCUT2D eigenvalue weighted by Crippen LogP contribution is -2.81. The van der Waals surface area contributed by atoms with Crippen LogP contribution in [0.2, 0.25) is 0 Å². The summed E-state index contributed by atoms with van der Waals surface area (Å²) >= 11 is 0. The van der Waals surface area contributed by atoms with Crippen molar-refractivity contribution in [1.29, 1.82) is 0 Å². The van der Waals surface area contributed by atoms with Crippen LogP contribution in [0.1, 0.15) is 68.3 Å². The number of allylic oxidation sites excluding steroid dienone is 1. The van der Waals surface area contributed by atoms with Gasteiger partial charge in [0.2, 0.25) is 5.60 Å². The lowest BCUT2D eigenvalue weighted by molar-refractivity contribution is -0.228. The predicted octanol–water partition coefficient (Wildman–Crippen LogP) is 4.87. The number of aromatic nitrogens is 1. The molecule has 5 heterocycles. The number of benzene rings is 2. The highest BCUT2D eigenvalue weighted by Gasteiger charge is 2.80. The van der Waals surface area contributed by atoms with Crippen LogP contribution in [0.15, 0.2) is 60.2 Å². The van der Waals surface area contributed by atoms with Gasteiger partial charge in [0.1, 0.15) is 5.75 Å². The molecule has 58 heavy (non-hydrogen) atoms. The smallest absolute Gasteiger partial charge is 0.344 e. The second-order valence-corrected chi connectivity index (χ2v) is 17.5. The van der Waals surface area contributed by atoms with Gasteiger partial charge in [-0.2, -0.15) is 0 Å². The molecule has 0 amide bonds. The van der Waals surface area contributed by atoms with Gasteiger partial charge in [0.15, 0.2) is 6.10 Å². The SMILES string of the molecule is CC=C1CN(C)C2Cc3c([nH]c4ccccc34)C(c3cc4c(cc3OC)N(C)C3C(O)(C(=O)OC)C(OC(C)=O)C5(CC)C=CCN6CCC43C65)CC1C2C(=O)OC. The number of aliphatic hydroxyl groups is 1. The molecule has 2 saturated heterocycles. The number of piperidine rings is 1. The molecule has 308 valence electrons. The molecular formula is C46H56N4O8. The van der Waals surface area contributed by atoms with Crippen LogP contribution in [0, 0.1) is 17.3 Å². The van der Waals surface area contributed by atoms with Gasteiger partial charge in [-0.3, -0.25) is 19.4 Å². The molecule has 3 fully saturated rings. The van der Waals surface area contributed by atoms with Gasteiger partial charge in [-0.25, -0.2) is 4.79 Å². The average molecular weight is 793 g/mol. The van der Waals surface area contributed by atoms with E-state index >= 15 is 0 Å². The topological polar surface area (TPSA) is 134 Å². The monoisotopic (exact) mass is 792 g/mol. The fourth-order valence-corrected chi connectivity index (χ4v) is 13.3. The van der Waals surface area contributed by atoms with Gasteiger partial charge in [-0.1, -0.05) is 48.9 Å². The second-order valence-electron chi connectivity index (χ2n) is 17.5. The maximum atomic E-state index is 14.3. The average Bonchev–Trinajstić information content (AvgIpc) is 3.87. The van der Waals surface area contributed by atoms with Gasteiger partial charge in [0, 0.05) is 89.8 Å². The largest absolute Gasteiger partial charge is 0.496 e. The number of rotatable bonds is 6. The van der Waals surface area contributed by atoms with Crippen LogP contribution in [-0.2, 0) is 40.4 Å². The number of hydrogen-bond donors (Lipinski definition) is 2. The van der Waals surface area contributed by atoms with E-state index in [1.807, 2.05) is 24.9 Å². The highest BCUT2D eigenvalue weighted by molar-refractivity contribution is 5.88. The standard InChI is InChI=1S/C46H56N4O8/c1-9-26-24-48(4)35-22-31-27-14-11-12-15-33(27)47-38(31)30(20-28(26)37(35)39(52)56-7)29-21-32-34(23-36(29)55-6)49(5)41-45(32)17-19-50-18-13-16-44(10-2,40(45)50)42(58-25(3)51)46(41,54)43(53)57-8/h9,11-16,21,23,28,30,35,37,40-42,47,54H,10,17-20,22,24H2,1-8H3. The lowest BCUT2D eigenvalue weighted by atomic mass is 9.47. The second kappa shape index (κ2) is 13.7. The Kier molecular flexibility index (Phi) is 9.18. The van der Waals surface area contributed by atoms with E-state index in [1.54, 1.807) is 7.11 Å². The molecule has 2 aromatic carbocycles. The lowest BCUT2D eigenvalue weighted by Gasteiger charge is -2.63.